The lowest BCUT2D eigenvalue weighted by atomic mass is 10.2. The molecule has 1 rings (SSSR count). The molecule has 0 aliphatic heterocycles. The van der Waals surface area contributed by atoms with Crippen molar-refractivity contribution in [3.05, 3.63) is 35.0 Å². The summed E-state index contributed by atoms with van der Waals surface area (Å²) >= 11 is 6.09. The molecule has 6 nitrogen and oxygen atoms in total. The molecule has 7 heteroatoms. The molecular weight excluding hydrogens is 286 g/mol. The summed E-state index contributed by atoms with van der Waals surface area (Å²) in [5.41, 5.74) is 0.293. The SMILES string of the molecule is COC(=O)/C=C(\Nc1cccc(OC)c1Cl)C(=O)OC. The Morgan fingerprint density at radius 3 is 2.45 bits per heavy atom. The van der Waals surface area contributed by atoms with Gasteiger partial charge in [-0.15, -0.1) is 0 Å². The molecule has 0 saturated carbocycles. The number of carbonyl (C=O) groups is 2. The third-order valence-electron chi connectivity index (χ3n) is 2.32. The van der Waals surface area contributed by atoms with Crippen LogP contribution in [0.3, 0.4) is 0 Å². The number of benzene rings is 1. The van der Waals surface area contributed by atoms with Crippen molar-refractivity contribution in [3.63, 3.8) is 0 Å². The number of nitrogens with one attached hydrogen (secondary N) is 1. The number of halogens is 1. The maximum atomic E-state index is 11.6. The van der Waals surface area contributed by atoms with Gasteiger partial charge in [-0.2, -0.15) is 0 Å². The first-order valence-corrected chi connectivity index (χ1v) is 5.88. The van der Waals surface area contributed by atoms with Gasteiger partial charge in [0, 0.05) is 0 Å². The Morgan fingerprint density at radius 2 is 1.90 bits per heavy atom. The normalized spacial score (nSPS) is 10.7. The maximum absolute atomic E-state index is 11.6. The van der Waals surface area contributed by atoms with E-state index in [-0.39, 0.29) is 10.7 Å². The van der Waals surface area contributed by atoms with Crippen LogP contribution in [0.5, 0.6) is 5.75 Å². The predicted molar refractivity (Wildman–Crippen MR) is 73.7 cm³/mol. The maximum Gasteiger partial charge on any atom is 0.354 e. The molecule has 0 aliphatic rings. The van der Waals surface area contributed by atoms with Crippen LogP contribution >= 0.6 is 11.6 Å². The molecular formula is C13H14ClNO5. The number of methoxy groups -OCH3 is 3. The first kappa shape index (κ1) is 15.8. The Balaban J connectivity index is 3.11. The van der Waals surface area contributed by atoms with Gasteiger partial charge >= 0.3 is 11.9 Å². The van der Waals surface area contributed by atoms with Gasteiger partial charge in [-0.3, -0.25) is 0 Å². The summed E-state index contributed by atoms with van der Waals surface area (Å²) < 4.78 is 14.1. The van der Waals surface area contributed by atoms with Crippen LogP contribution in [0.2, 0.25) is 5.02 Å². The van der Waals surface area contributed by atoms with Crippen LogP contribution in [0.15, 0.2) is 30.0 Å². The topological polar surface area (TPSA) is 73.9 Å². The zero-order chi connectivity index (χ0) is 15.1. The molecule has 108 valence electrons. The number of ether oxygens (including phenoxy) is 3. The molecule has 20 heavy (non-hydrogen) atoms. The second-order valence-corrected chi connectivity index (χ2v) is 3.90. The molecule has 0 atom stereocenters. The van der Waals surface area contributed by atoms with E-state index in [1.807, 2.05) is 0 Å². The van der Waals surface area contributed by atoms with Crippen LogP contribution < -0.4 is 10.1 Å². The van der Waals surface area contributed by atoms with Crippen molar-refractivity contribution in [1.29, 1.82) is 0 Å². The van der Waals surface area contributed by atoms with Gasteiger partial charge in [-0.25, -0.2) is 9.59 Å². The lowest BCUT2D eigenvalue weighted by Crippen LogP contribution is -2.15. The number of hydrogen-bond acceptors (Lipinski definition) is 6. The molecule has 0 fully saturated rings. The Labute approximate surface area is 121 Å². The van der Waals surface area contributed by atoms with E-state index < -0.39 is 11.9 Å². The van der Waals surface area contributed by atoms with Crippen molar-refractivity contribution in [3.8, 4) is 5.75 Å². The molecule has 0 heterocycles. The van der Waals surface area contributed by atoms with Crippen molar-refractivity contribution in [2.75, 3.05) is 26.6 Å². The van der Waals surface area contributed by atoms with Gasteiger partial charge in [0.15, 0.2) is 0 Å². The number of carbonyl (C=O) groups excluding carboxylic acids is 2. The Kier molecular flexibility index (Phi) is 5.86. The van der Waals surface area contributed by atoms with Gasteiger partial charge in [0.05, 0.1) is 33.1 Å². The lowest BCUT2D eigenvalue weighted by molar-refractivity contribution is -0.138. The van der Waals surface area contributed by atoms with Gasteiger partial charge in [-0.05, 0) is 12.1 Å². The predicted octanol–water partition coefficient (Wildman–Crippen LogP) is 1.99. The van der Waals surface area contributed by atoms with E-state index in [1.165, 1.54) is 21.3 Å². The Bertz CT molecular complexity index is 542. The van der Waals surface area contributed by atoms with Gasteiger partial charge in [0.1, 0.15) is 16.5 Å². The van der Waals surface area contributed by atoms with E-state index in [0.717, 1.165) is 6.08 Å². The molecule has 0 bridgehead atoms. The van der Waals surface area contributed by atoms with Crippen LogP contribution in [0.25, 0.3) is 0 Å². The van der Waals surface area contributed by atoms with E-state index in [2.05, 4.69) is 14.8 Å². The van der Waals surface area contributed by atoms with Crippen LogP contribution in [0.1, 0.15) is 0 Å². The van der Waals surface area contributed by atoms with E-state index in [9.17, 15) is 9.59 Å². The van der Waals surface area contributed by atoms with Crippen molar-refractivity contribution < 1.29 is 23.8 Å². The molecule has 1 aromatic carbocycles. The minimum Gasteiger partial charge on any atom is -0.495 e. The van der Waals surface area contributed by atoms with Crippen molar-refractivity contribution >= 4 is 29.2 Å². The second-order valence-electron chi connectivity index (χ2n) is 3.52. The molecule has 0 amide bonds. The van der Waals surface area contributed by atoms with Crippen molar-refractivity contribution in [1.82, 2.24) is 0 Å². The fourth-order valence-electron chi connectivity index (χ4n) is 1.34. The summed E-state index contributed by atoms with van der Waals surface area (Å²) in [6, 6.07) is 4.97. The minimum atomic E-state index is -0.728. The molecule has 0 saturated heterocycles. The average Bonchev–Trinajstić information content (AvgIpc) is 2.47. The third-order valence-corrected chi connectivity index (χ3v) is 2.71. The van der Waals surface area contributed by atoms with Gasteiger partial charge < -0.3 is 19.5 Å². The fraction of sp³-hybridized carbons (Fsp3) is 0.231. The molecule has 0 unspecified atom stereocenters. The Morgan fingerprint density at radius 1 is 1.20 bits per heavy atom. The van der Waals surface area contributed by atoms with Crippen molar-refractivity contribution in [2.24, 2.45) is 0 Å². The van der Waals surface area contributed by atoms with Gasteiger partial charge in [-0.1, -0.05) is 17.7 Å². The third kappa shape index (κ3) is 3.89. The number of anilines is 1. The molecule has 0 radical (unpaired) electrons. The second kappa shape index (κ2) is 7.40. The van der Waals surface area contributed by atoms with E-state index in [1.54, 1.807) is 18.2 Å². The summed E-state index contributed by atoms with van der Waals surface area (Å²) in [5.74, 6) is -0.995. The highest BCUT2D eigenvalue weighted by Crippen LogP contribution is 2.32. The minimum absolute atomic E-state index is 0.102. The van der Waals surface area contributed by atoms with Crippen molar-refractivity contribution in [2.45, 2.75) is 0 Å². The molecule has 0 spiro atoms. The summed E-state index contributed by atoms with van der Waals surface area (Å²) in [5, 5.41) is 2.98. The number of esters is 2. The highest BCUT2D eigenvalue weighted by Gasteiger charge is 2.15. The van der Waals surface area contributed by atoms with E-state index in [0.29, 0.717) is 11.4 Å². The summed E-state index contributed by atoms with van der Waals surface area (Å²) in [6.45, 7) is 0. The first-order chi connectivity index (χ1) is 9.53. The summed E-state index contributed by atoms with van der Waals surface area (Å²) in [4.78, 5) is 22.8. The van der Waals surface area contributed by atoms with Gasteiger partial charge in [0.2, 0.25) is 0 Å². The van der Waals surface area contributed by atoms with Crippen LogP contribution in [-0.2, 0) is 19.1 Å². The van der Waals surface area contributed by atoms with Gasteiger partial charge in [0.25, 0.3) is 0 Å². The zero-order valence-electron chi connectivity index (χ0n) is 11.2. The van der Waals surface area contributed by atoms with E-state index in [4.69, 9.17) is 16.3 Å². The highest BCUT2D eigenvalue weighted by molar-refractivity contribution is 6.34. The monoisotopic (exact) mass is 299 g/mol. The molecule has 0 aliphatic carbocycles. The number of hydrogen-bond donors (Lipinski definition) is 1. The largest absolute Gasteiger partial charge is 0.495 e. The number of rotatable bonds is 5. The summed E-state index contributed by atoms with van der Waals surface area (Å²) in [6.07, 6.45) is 0.974. The average molecular weight is 300 g/mol. The van der Waals surface area contributed by atoms with Crippen LogP contribution in [0, 0.1) is 0 Å². The smallest absolute Gasteiger partial charge is 0.354 e. The summed E-state index contributed by atoms with van der Waals surface area (Å²) in [7, 11) is 3.87. The quantitative estimate of drug-likeness (QED) is 0.662. The molecule has 1 N–H and O–H groups in total. The zero-order valence-corrected chi connectivity index (χ0v) is 12.0. The fourth-order valence-corrected chi connectivity index (χ4v) is 1.59. The molecule has 1 aromatic rings. The van der Waals surface area contributed by atoms with Crippen LogP contribution in [-0.4, -0.2) is 33.3 Å². The van der Waals surface area contributed by atoms with E-state index >= 15 is 0 Å². The van der Waals surface area contributed by atoms with Crippen LogP contribution in [0.4, 0.5) is 5.69 Å². The standard InChI is InChI=1S/C13H14ClNO5/c1-18-10-6-4-5-8(12(10)14)15-9(13(17)20-3)7-11(16)19-2/h4-7,15H,1-3H3/b9-7-. The molecule has 0 aromatic heterocycles. The first-order valence-electron chi connectivity index (χ1n) is 5.51. The Hall–Kier alpha value is -2.21. The highest BCUT2D eigenvalue weighted by atomic mass is 35.5. The lowest BCUT2D eigenvalue weighted by Gasteiger charge is -2.12.